The average molecular weight is 182 g/mol. The van der Waals surface area contributed by atoms with Gasteiger partial charge in [0.15, 0.2) is 5.76 Å². The standard InChI is InChI=1S/C9H14N2O2/c1-5(2)8-7(9(12)10-4)6(3)11-13-8/h5H,1-4H3,(H,10,12). The lowest BCUT2D eigenvalue weighted by molar-refractivity contribution is 0.0960. The number of carbonyl (C=O) groups is 1. The number of nitrogens with one attached hydrogen (secondary N) is 1. The van der Waals surface area contributed by atoms with Crippen LogP contribution in [0.25, 0.3) is 0 Å². The summed E-state index contributed by atoms with van der Waals surface area (Å²) in [5.74, 6) is 0.688. The third kappa shape index (κ3) is 1.71. The highest BCUT2D eigenvalue weighted by molar-refractivity contribution is 5.96. The van der Waals surface area contributed by atoms with E-state index in [1.165, 1.54) is 0 Å². The van der Waals surface area contributed by atoms with Gasteiger partial charge in [-0.1, -0.05) is 19.0 Å². The summed E-state index contributed by atoms with van der Waals surface area (Å²) in [5, 5.41) is 6.34. The molecule has 0 fully saturated rings. The molecular formula is C9H14N2O2. The molecule has 1 amide bonds. The number of hydrogen-bond donors (Lipinski definition) is 1. The van der Waals surface area contributed by atoms with E-state index in [1.807, 2.05) is 13.8 Å². The molecule has 0 aromatic carbocycles. The Morgan fingerprint density at radius 3 is 2.62 bits per heavy atom. The fourth-order valence-corrected chi connectivity index (χ4v) is 1.18. The van der Waals surface area contributed by atoms with Crippen molar-refractivity contribution in [3.8, 4) is 0 Å². The molecule has 1 aromatic rings. The lowest BCUT2D eigenvalue weighted by Crippen LogP contribution is -2.19. The summed E-state index contributed by atoms with van der Waals surface area (Å²) in [7, 11) is 1.60. The molecule has 4 nitrogen and oxygen atoms in total. The molecule has 0 saturated carbocycles. The quantitative estimate of drug-likeness (QED) is 0.753. The topological polar surface area (TPSA) is 55.1 Å². The molecule has 0 aliphatic heterocycles. The molecule has 0 aliphatic rings. The minimum atomic E-state index is -0.137. The minimum Gasteiger partial charge on any atom is -0.360 e. The lowest BCUT2D eigenvalue weighted by atomic mass is 10.0. The van der Waals surface area contributed by atoms with Gasteiger partial charge < -0.3 is 9.84 Å². The van der Waals surface area contributed by atoms with Gasteiger partial charge in [0.25, 0.3) is 5.91 Å². The number of rotatable bonds is 2. The largest absolute Gasteiger partial charge is 0.360 e. The van der Waals surface area contributed by atoms with E-state index < -0.39 is 0 Å². The van der Waals surface area contributed by atoms with Crippen LogP contribution in [0.2, 0.25) is 0 Å². The van der Waals surface area contributed by atoms with Crippen molar-refractivity contribution in [3.63, 3.8) is 0 Å². The third-order valence-electron chi connectivity index (χ3n) is 1.87. The molecule has 1 aromatic heterocycles. The normalized spacial score (nSPS) is 10.5. The molecule has 4 heteroatoms. The number of hydrogen-bond acceptors (Lipinski definition) is 3. The zero-order valence-corrected chi connectivity index (χ0v) is 8.34. The molecule has 0 radical (unpaired) electrons. The van der Waals surface area contributed by atoms with Gasteiger partial charge in [0.05, 0.1) is 5.69 Å². The van der Waals surface area contributed by atoms with Crippen molar-refractivity contribution in [1.82, 2.24) is 10.5 Å². The number of amides is 1. The Bertz CT molecular complexity index is 315. The second-order valence-electron chi connectivity index (χ2n) is 3.24. The predicted molar refractivity (Wildman–Crippen MR) is 48.7 cm³/mol. The Morgan fingerprint density at radius 1 is 1.54 bits per heavy atom. The highest BCUT2D eigenvalue weighted by Crippen LogP contribution is 2.21. The zero-order chi connectivity index (χ0) is 10.0. The second-order valence-corrected chi connectivity index (χ2v) is 3.24. The summed E-state index contributed by atoms with van der Waals surface area (Å²) < 4.78 is 5.07. The van der Waals surface area contributed by atoms with Crippen molar-refractivity contribution < 1.29 is 9.32 Å². The summed E-state index contributed by atoms with van der Waals surface area (Å²) >= 11 is 0. The Kier molecular flexibility index (Phi) is 2.70. The lowest BCUT2D eigenvalue weighted by Gasteiger charge is -2.02. The Morgan fingerprint density at radius 2 is 2.15 bits per heavy atom. The minimum absolute atomic E-state index is 0.137. The molecule has 1 heterocycles. The van der Waals surface area contributed by atoms with E-state index in [1.54, 1.807) is 14.0 Å². The summed E-state index contributed by atoms with van der Waals surface area (Å²) in [6.45, 7) is 5.69. The summed E-state index contributed by atoms with van der Waals surface area (Å²) in [5.41, 5.74) is 1.21. The van der Waals surface area contributed by atoms with E-state index in [0.29, 0.717) is 17.0 Å². The maximum atomic E-state index is 11.4. The van der Waals surface area contributed by atoms with Crippen LogP contribution in [0.3, 0.4) is 0 Å². The number of aromatic nitrogens is 1. The molecule has 1 rings (SSSR count). The van der Waals surface area contributed by atoms with Crippen LogP contribution in [-0.4, -0.2) is 18.1 Å². The van der Waals surface area contributed by atoms with Crippen LogP contribution in [0.1, 0.15) is 41.6 Å². The van der Waals surface area contributed by atoms with Crippen molar-refractivity contribution in [2.45, 2.75) is 26.7 Å². The SMILES string of the molecule is CNC(=O)c1c(C)noc1C(C)C. The van der Waals surface area contributed by atoms with Gasteiger partial charge in [0, 0.05) is 13.0 Å². The van der Waals surface area contributed by atoms with Crippen molar-refractivity contribution in [1.29, 1.82) is 0 Å². The monoisotopic (exact) mass is 182 g/mol. The molecule has 0 spiro atoms. The van der Waals surface area contributed by atoms with Gasteiger partial charge in [-0.3, -0.25) is 4.79 Å². The average Bonchev–Trinajstić information content (AvgIpc) is 2.46. The van der Waals surface area contributed by atoms with Gasteiger partial charge in [-0.2, -0.15) is 0 Å². The van der Waals surface area contributed by atoms with Gasteiger partial charge in [0.2, 0.25) is 0 Å². The van der Waals surface area contributed by atoms with E-state index >= 15 is 0 Å². The van der Waals surface area contributed by atoms with E-state index in [9.17, 15) is 4.79 Å². The molecule has 0 unspecified atom stereocenters. The van der Waals surface area contributed by atoms with E-state index in [2.05, 4.69) is 10.5 Å². The molecule has 0 bridgehead atoms. The maximum Gasteiger partial charge on any atom is 0.256 e. The van der Waals surface area contributed by atoms with Crippen LogP contribution >= 0.6 is 0 Å². The van der Waals surface area contributed by atoms with Crippen LogP contribution in [0.5, 0.6) is 0 Å². The fraction of sp³-hybridized carbons (Fsp3) is 0.556. The summed E-state index contributed by atoms with van der Waals surface area (Å²) in [6.07, 6.45) is 0. The Labute approximate surface area is 77.3 Å². The summed E-state index contributed by atoms with van der Waals surface area (Å²) in [4.78, 5) is 11.4. The van der Waals surface area contributed by atoms with Crippen LogP contribution in [0.15, 0.2) is 4.52 Å². The van der Waals surface area contributed by atoms with Crippen molar-refractivity contribution in [2.24, 2.45) is 0 Å². The van der Waals surface area contributed by atoms with Crippen molar-refractivity contribution >= 4 is 5.91 Å². The highest BCUT2D eigenvalue weighted by atomic mass is 16.5. The number of nitrogens with zero attached hydrogens (tertiary/aromatic N) is 1. The number of aryl methyl sites for hydroxylation is 1. The molecule has 13 heavy (non-hydrogen) atoms. The molecular weight excluding hydrogens is 168 g/mol. The first-order valence-corrected chi connectivity index (χ1v) is 4.26. The first-order valence-electron chi connectivity index (χ1n) is 4.26. The number of carbonyl (C=O) groups excluding carboxylic acids is 1. The molecule has 0 atom stereocenters. The first-order chi connectivity index (χ1) is 6.07. The Hall–Kier alpha value is -1.32. The van der Waals surface area contributed by atoms with Gasteiger partial charge in [0.1, 0.15) is 5.56 Å². The summed E-state index contributed by atoms with van der Waals surface area (Å²) in [6, 6.07) is 0. The second kappa shape index (κ2) is 3.60. The maximum absolute atomic E-state index is 11.4. The van der Waals surface area contributed by atoms with Gasteiger partial charge in [-0.25, -0.2) is 0 Å². The molecule has 72 valence electrons. The van der Waals surface area contributed by atoms with E-state index in [4.69, 9.17) is 4.52 Å². The van der Waals surface area contributed by atoms with Crippen LogP contribution in [-0.2, 0) is 0 Å². The van der Waals surface area contributed by atoms with Crippen molar-refractivity contribution in [3.05, 3.63) is 17.0 Å². The van der Waals surface area contributed by atoms with Gasteiger partial charge in [-0.05, 0) is 6.92 Å². The van der Waals surface area contributed by atoms with Crippen LogP contribution in [0, 0.1) is 6.92 Å². The molecule has 1 N–H and O–H groups in total. The first kappa shape index (κ1) is 9.77. The fourth-order valence-electron chi connectivity index (χ4n) is 1.18. The molecule has 0 aliphatic carbocycles. The smallest absolute Gasteiger partial charge is 0.256 e. The van der Waals surface area contributed by atoms with Gasteiger partial charge in [-0.15, -0.1) is 0 Å². The van der Waals surface area contributed by atoms with Crippen LogP contribution in [0.4, 0.5) is 0 Å². The van der Waals surface area contributed by atoms with E-state index in [0.717, 1.165) is 0 Å². The molecule has 0 saturated heterocycles. The van der Waals surface area contributed by atoms with Crippen LogP contribution < -0.4 is 5.32 Å². The highest BCUT2D eigenvalue weighted by Gasteiger charge is 2.21. The van der Waals surface area contributed by atoms with Crippen molar-refractivity contribution in [2.75, 3.05) is 7.05 Å². The zero-order valence-electron chi connectivity index (χ0n) is 8.34. The van der Waals surface area contributed by atoms with Gasteiger partial charge >= 0.3 is 0 Å². The Balaban J connectivity index is 3.16. The third-order valence-corrected chi connectivity index (χ3v) is 1.87. The predicted octanol–water partition coefficient (Wildman–Crippen LogP) is 1.47. The van der Waals surface area contributed by atoms with E-state index in [-0.39, 0.29) is 11.8 Å².